The molecule has 0 bridgehead atoms. The van der Waals surface area contributed by atoms with Gasteiger partial charge in [-0.2, -0.15) is 10.1 Å². The molecular formula is C27H25N3O3. The Bertz CT molecular complexity index is 1250. The zero-order valence-corrected chi connectivity index (χ0v) is 18.8. The number of nitrogens with one attached hydrogen (secondary N) is 1. The molecule has 0 saturated carbocycles. The average molecular weight is 440 g/mol. The van der Waals surface area contributed by atoms with E-state index in [0.717, 1.165) is 22.5 Å². The van der Waals surface area contributed by atoms with Crippen molar-refractivity contribution in [2.75, 3.05) is 16.9 Å². The Labute approximate surface area is 193 Å². The highest BCUT2D eigenvalue weighted by Crippen LogP contribution is 2.25. The molecule has 0 saturated heterocycles. The standard InChI is InChI=1S/C27H25N3O3/c1-18-9-12-22(15-19(18)2)28-26(31)17-33-24-13-10-21(11-14-24)16-25-20(3)29-30(27(25)32)23-7-5-4-6-8-23/h4-16H,17H2,1-3H3,(H,28,31)/b25-16+. The van der Waals surface area contributed by atoms with Gasteiger partial charge in [-0.3, -0.25) is 9.59 Å². The summed E-state index contributed by atoms with van der Waals surface area (Å²) < 4.78 is 5.60. The first kappa shape index (κ1) is 22.0. The fourth-order valence-corrected chi connectivity index (χ4v) is 3.42. The second kappa shape index (κ2) is 9.53. The van der Waals surface area contributed by atoms with E-state index in [4.69, 9.17) is 4.74 Å². The summed E-state index contributed by atoms with van der Waals surface area (Å²) in [4.78, 5) is 25.0. The summed E-state index contributed by atoms with van der Waals surface area (Å²) in [5, 5.41) is 8.64. The molecule has 1 N–H and O–H groups in total. The molecule has 166 valence electrons. The van der Waals surface area contributed by atoms with Gasteiger partial charge in [0.15, 0.2) is 6.61 Å². The van der Waals surface area contributed by atoms with Crippen LogP contribution in [-0.2, 0) is 9.59 Å². The molecule has 0 aliphatic carbocycles. The number of aryl methyl sites for hydroxylation is 2. The van der Waals surface area contributed by atoms with E-state index in [-0.39, 0.29) is 18.4 Å². The third-order valence-corrected chi connectivity index (χ3v) is 5.42. The largest absolute Gasteiger partial charge is 0.484 e. The van der Waals surface area contributed by atoms with Gasteiger partial charge in [0.2, 0.25) is 0 Å². The number of hydrazone groups is 1. The van der Waals surface area contributed by atoms with Crippen LogP contribution in [0.15, 0.2) is 83.5 Å². The van der Waals surface area contributed by atoms with E-state index in [9.17, 15) is 9.59 Å². The van der Waals surface area contributed by atoms with Crippen LogP contribution in [-0.4, -0.2) is 24.1 Å². The number of rotatable bonds is 6. The van der Waals surface area contributed by atoms with Crippen LogP contribution in [0, 0.1) is 13.8 Å². The molecule has 0 aromatic heterocycles. The SMILES string of the molecule is CC1=NN(c2ccccc2)C(=O)/C1=C/c1ccc(OCC(=O)Nc2ccc(C)c(C)c2)cc1. The lowest BCUT2D eigenvalue weighted by atomic mass is 10.1. The molecule has 6 nitrogen and oxygen atoms in total. The van der Waals surface area contributed by atoms with Crippen LogP contribution in [0.5, 0.6) is 5.75 Å². The molecule has 33 heavy (non-hydrogen) atoms. The van der Waals surface area contributed by atoms with Crippen molar-refractivity contribution in [3.63, 3.8) is 0 Å². The van der Waals surface area contributed by atoms with Crippen LogP contribution >= 0.6 is 0 Å². The molecule has 0 radical (unpaired) electrons. The molecule has 6 heteroatoms. The molecule has 1 aliphatic rings. The summed E-state index contributed by atoms with van der Waals surface area (Å²) in [6.45, 7) is 5.76. The van der Waals surface area contributed by atoms with Crippen molar-refractivity contribution < 1.29 is 14.3 Å². The number of anilines is 2. The Kier molecular flexibility index (Phi) is 6.36. The number of benzene rings is 3. The average Bonchev–Trinajstić information content (AvgIpc) is 3.10. The van der Waals surface area contributed by atoms with E-state index in [1.807, 2.05) is 81.4 Å². The molecule has 3 aromatic rings. The van der Waals surface area contributed by atoms with Crippen LogP contribution in [0.1, 0.15) is 23.6 Å². The summed E-state index contributed by atoms with van der Waals surface area (Å²) in [5.74, 6) is 0.178. The van der Waals surface area contributed by atoms with Crippen LogP contribution in [0.2, 0.25) is 0 Å². The van der Waals surface area contributed by atoms with Crippen molar-refractivity contribution in [2.24, 2.45) is 5.10 Å². The second-order valence-corrected chi connectivity index (χ2v) is 7.90. The Balaban J connectivity index is 1.37. The van der Waals surface area contributed by atoms with E-state index >= 15 is 0 Å². The van der Waals surface area contributed by atoms with Gasteiger partial charge in [-0.25, -0.2) is 0 Å². The summed E-state index contributed by atoms with van der Waals surface area (Å²) in [7, 11) is 0. The summed E-state index contributed by atoms with van der Waals surface area (Å²) >= 11 is 0. The molecule has 0 unspecified atom stereocenters. The third kappa shape index (κ3) is 5.18. The number of hydrogen-bond acceptors (Lipinski definition) is 4. The summed E-state index contributed by atoms with van der Waals surface area (Å²) in [6.07, 6.45) is 1.81. The van der Waals surface area contributed by atoms with Gasteiger partial charge in [0.05, 0.1) is 17.0 Å². The van der Waals surface area contributed by atoms with Gasteiger partial charge in [-0.05, 0) is 79.9 Å². The predicted molar refractivity (Wildman–Crippen MR) is 131 cm³/mol. The topological polar surface area (TPSA) is 71.0 Å². The van der Waals surface area contributed by atoms with Gasteiger partial charge in [-0.15, -0.1) is 0 Å². The highest BCUT2D eigenvalue weighted by molar-refractivity contribution is 6.32. The zero-order chi connectivity index (χ0) is 23.4. The first-order chi connectivity index (χ1) is 15.9. The molecular weight excluding hydrogens is 414 g/mol. The number of amides is 2. The monoisotopic (exact) mass is 439 g/mol. The first-order valence-corrected chi connectivity index (χ1v) is 10.7. The van der Waals surface area contributed by atoms with Gasteiger partial charge in [0.1, 0.15) is 5.75 Å². The van der Waals surface area contributed by atoms with Crippen LogP contribution in [0.3, 0.4) is 0 Å². The quantitative estimate of drug-likeness (QED) is 0.542. The fraction of sp³-hybridized carbons (Fsp3) is 0.148. The van der Waals surface area contributed by atoms with Crippen molar-refractivity contribution in [3.05, 3.63) is 95.1 Å². The van der Waals surface area contributed by atoms with Crippen LogP contribution in [0.25, 0.3) is 6.08 Å². The van der Waals surface area contributed by atoms with Crippen LogP contribution < -0.4 is 15.1 Å². The van der Waals surface area contributed by atoms with E-state index < -0.39 is 0 Å². The fourth-order valence-electron chi connectivity index (χ4n) is 3.42. The first-order valence-electron chi connectivity index (χ1n) is 10.7. The number of para-hydroxylation sites is 1. The maximum absolute atomic E-state index is 12.8. The molecule has 3 aromatic carbocycles. The van der Waals surface area contributed by atoms with Crippen LogP contribution in [0.4, 0.5) is 11.4 Å². The lowest BCUT2D eigenvalue weighted by molar-refractivity contribution is -0.118. The molecule has 0 fully saturated rings. The lowest BCUT2D eigenvalue weighted by Gasteiger charge is -2.11. The van der Waals surface area contributed by atoms with Crippen molar-refractivity contribution in [1.82, 2.24) is 0 Å². The maximum Gasteiger partial charge on any atom is 0.280 e. The van der Waals surface area contributed by atoms with Gasteiger partial charge in [0, 0.05) is 5.69 Å². The second-order valence-electron chi connectivity index (χ2n) is 7.90. The third-order valence-electron chi connectivity index (χ3n) is 5.42. The maximum atomic E-state index is 12.8. The van der Waals surface area contributed by atoms with Crippen molar-refractivity contribution in [2.45, 2.75) is 20.8 Å². The van der Waals surface area contributed by atoms with Gasteiger partial charge in [0.25, 0.3) is 11.8 Å². The minimum absolute atomic E-state index is 0.0936. The molecule has 0 spiro atoms. The van der Waals surface area contributed by atoms with E-state index in [0.29, 0.717) is 17.0 Å². The summed E-state index contributed by atoms with van der Waals surface area (Å²) in [6, 6.07) is 22.3. The Hall–Kier alpha value is -4.19. The smallest absolute Gasteiger partial charge is 0.280 e. The normalized spacial score (nSPS) is 14.4. The summed E-state index contributed by atoms with van der Waals surface area (Å²) in [5.41, 5.74) is 5.81. The van der Waals surface area contributed by atoms with Gasteiger partial charge < -0.3 is 10.1 Å². The zero-order valence-electron chi connectivity index (χ0n) is 18.8. The predicted octanol–water partition coefficient (Wildman–Crippen LogP) is 5.13. The van der Waals surface area contributed by atoms with E-state index in [1.54, 1.807) is 18.2 Å². The number of carbonyl (C=O) groups is 2. The highest BCUT2D eigenvalue weighted by Gasteiger charge is 2.28. The highest BCUT2D eigenvalue weighted by atomic mass is 16.5. The van der Waals surface area contributed by atoms with E-state index in [2.05, 4.69) is 10.4 Å². The van der Waals surface area contributed by atoms with E-state index in [1.165, 1.54) is 10.6 Å². The van der Waals surface area contributed by atoms with Crippen molar-refractivity contribution in [3.8, 4) is 5.75 Å². The molecule has 1 aliphatic heterocycles. The molecule has 0 atom stereocenters. The Morgan fingerprint density at radius 2 is 1.70 bits per heavy atom. The minimum Gasteiger partial charge on any atom is -0.484 e. The van der Waals surface area contributed by atoms with Gasteiger partial charge in [-0.1, -0.05) is 36.4 Å². The Morgan fingerprint density at radius 3 is 2.39 bits per heavy atom. The number of nitrogens with zero attached hydrogens (tertiary/aromatic N) is 2. The molecule has 4 rings (SSSR count). The lowest BCUT2D eigenvalue weighted by Crippen LogP contribution is -2.21. The molecule has 2 amide bonds. The molecule has 1 heterocycles. The number of hydrogen-bond donors (Lipinski definition) is 1. The minimum atomic E-state index is -0.228. The van der Waals surface area contributed by atoms with Crippen molar-refractivity contribution >= 4 is 35.0 Å². The number of ether oxygens (including phenoxy) is 1. The Morgan fingerprint density at radius 1 is 0.970 bits per heavy atom. The van der Waals surface area contributed by atoms with Crippen molar-refractivity contribution in [1.29, 1.82) is 0 Å². The van der Waals surface area contributed by atoms with Gasteiger partial charge >= 0.3 is 0 Å². The number of carbonyl (C=O) groups excluding carboxylic acids is 2.